The fraction of sp³-hybridized carbons (Fsp3) is 0.214. The lowest BCUT2D eigenvalue weighted by Crippen LogP contribution is -2.27. The van der Waals surface area contributed by atoms with Gasteiger partial charge in [0, 0.05) is 6.54 Å². The fourth-order valence-corrected chi connectivity index (χ4v) is 2.34. The SMILES string of the molecule is NS(=O)(=O)c1ccc(CCNC(=O)Cc2ccco2)cc1. The fourth-order valence-electron chi connectivity index (χ4n) is 1.83. The van der Waals surface area contributed by atoms with Gasteiger partial charge in [-0.3, -0.25) is 4.79 Å². The zero-order valence-corrected chi connectivity index (χ0v) is 12.1. The van der Waals surface area contributed by atoms with Crippen LogP contribution in [0.15, 0.2) is 52.0 Å². The molecule has 0 aliphatic rings. The number of carbonyl (C=O) groups excluding carboxylic acids is 1. The van der Waals surface area contributed by atoms with Crippen LogP contribution in [-0.2, 0) is 27.7 Å². The molecule has 1 amide bonds. The number of benzene rings is 1. The summed E-state index contributed by atoms with van der Waals surface area (Å²) in [4.78, 5) is 11.7. The quantitative estimate of drug-likeness (QED) is 0.825. The van der Waals surface area contributed by atoms with Crippen LogP contribution in [0, 0.1) is 0 Å². The first-order valence-electron chi connectivity index (χ1n) is 6.36. The molecule has 0 unspecified atom stereocenters. The van der Waals surface area contributed by atoms with Gasteiger partial charge in [0.2, 0.25) is 15.9 Å². The third kappa shape index (κ3) is 4.73. The first-order valence-corrected chi connectivity index (χ1v) is 7.90. The third-order valence-electron chi connectivity index (χ3n) is 2.90. The van der Waals surface area contributed by atoms with Gasteiger partial charge in [-0.1, -0.05) is 12.1 Å². The standard InChI is InChI=1S/C14H16N2O4S/c15-21(18,19)13-5-3-11(4-6-13)7-8-16-14(17)10-12-2-1-9-20-12/h1-6,9H,7-8,10H2,(H,16,17)(H2,15,18,19). The highest BCUT2D eigenvalue weighted by molar-refractivity contribution is 7.89. The van der Waals surface area contributed by atoms with Gasteiger partial charge in [-0.05, 0) is 36.2 Å². The molecule has 0 radical (unpaired) electrons. The summed E-state index contributed by atoms with van der Waals surface area (Å²) in [5, 5.41) is 7.79. The van der Waals surface area contributed by atoms with Gasteiger partial charge in [0.05, 0.1) is 17.6 Å². The van der Waals surface area contributed by atoms with E-state index in [1.54, 1.807) is 24.3 Å². The smallest absolute Gasteiger partial charge is 0.238 e. The number of amides is 1. The Kier molecular flexibility index (Phi) is 4.77. The number of nitrogens with two attached hydrogens (primary N) is 1. The number of rotatable bonds is 6. The molecule has 7 heteroatoms. The molecule has 0 aliphatic heterocycles. The van der Waals surface area contributed by atoms with Crippen molar-refractivity contribution in [2.75, 3.05) is 6.54 Å². The number of nitrogens with one attached hydrogen (secondary N) is 1. The molecule has 2 rings (SSSR count). The largest absolute Gasteiger partial charge is 0.469 e. The molecule has 1 aromatic heterocycles. The molecule has 0 saturated carbocycles. The van der Waals surface area contributed by atoms with E-state index in [1.807, 2.05) is 0 Å². The molecule has 0 fully saturated rings. The predicted molar refractivity (Wildman–Crippen MR) is 76.9 cm³/mol. The minimum Gasteiger partial charge on any atom is -0.469 e. The number of hydrogen-bond donors (Lipinski definition) is 2. The van der Waals surface area contributed by atoms with Crippen LogP contribution in [0.5, 0.6) is 0 Å². The van der Waals surface area contributed by atoms with Gasteiger partial charge in [-0.2, -0.15) is 0 Å². The molecule has 1 heterocycles. The van der Waals surface area contributed by atoms with E-state index in [0.717, 1.165) is 5.56 Å². The van der Waals surface area contributed by atoms with Crippen molar-refractivity contribution in [3.05, 3.63) is 54.0 Å². The molecule has 3 N–H and O–H groups in total. The van der Waals surface area contributed by atoms with Gasteiger partial charge in [0.25, 0.3) is 0 Å². The summed E-state index contributed by atoms with van der Waals surface area (Å²) >= 11 is 0. The van der Waals surface area contributed by atoms with Crippen LogP contribution in [0.4, 0.5) is 0 Å². The maximum atomic E-state index is 11.6. The highest BCUT2D eigenvalue weighted by atomic mass is 32.2. The Hall–Kier alpha value is -2.12. The lowest BCUT2D eigenvalue weighted by Gasteiger charge is -2.05. The Morgan fingerprint density at radius 2 is 1.90 bits per heavy atom. The highest BCUT2D eigenvalue weighted by Crippen LogP contribution is 2.09. The minimum absolute atomic E-state index is 0.0769. The molecule has 6 nitrogen and oxygen atoms in total. The normalized spacial score (nSPS) is 11.3. The van der Waals surface area contributed by atoms with Crippen LogP contribution < -0.4 is 10.5 Å². The second kappa shape index (κ2) is 6.55. The van der Waals surface area contributed by atoms with Gasteiger partial charge in [-0.15, -0.1) is 0 Å². The van der Waals surface area contributed by atoms with Crippen LogP contribution in [0.3, 0.4) is 0 Å². The van der Waals surface area contributed by atoms with E-state index in [9.17, 15) is 13.2 Å². The van der Waals surface area contributed by atoms with Crippen molar-refractivity contribution < 1.29 is 17.6 Å². The second-order valence-corrected chi connectivity index (χ2v) is 6.11. The Morgan fingerprint density at radius 3 is 2.48 bits per heavy atom. The maximum absolute atomic E-state index is 11.6. The van der Waals surface area contributed by atoms with Crippen LogP contribution in [0.2, 0.25) is 0 Å². The molecule has 0 spiro atoms. The average molecular weight is 308 g/mol. The Morgan fingerprint density at radius 1 is 1.19 bits per heavy atom. The number of hydrogen-bond acceptors (Lipinski definition) is 4. The molecular formula is C14H16N2O4S. The van der Waals surface area contributed by atoms with Crippen molar-refractivity contribution in [3.63, 3.8) is 0 Å². The van der Waals surface area contributed by atoms with Gasteiger partial charge in [0.1, 0.15) is 5.76 Å². The first-order chi connectivity index (χ1) is 9.95. The summed E-state index contributed by atoms with van der Waals surface area (Å²) in [6.45, 7) is 0.467. The average Bonchev–Trinajstić information content (AvgIpc) is 2.91. The Balaban J connectivity index is 1.79. The van der Waals surface area contributed by atoms with E-state index >= 15 is 0 Å². The zero-order chi connectivity index (χ0) is 15.3. The van der Waals surface area contributed by atoms with Gasteiger partial charge in [0.15, 0.2) is 0 Å². The lowest BCUT2D eigenvalue weighted by atomic mass is 10.1. The number of sulfonamides is 1. The summed E-state index contributed by atoms with van der Waals surface area (Å²) in [7, 11) is -3.66. The lowest BCUT2D eigenvalue weighted by molar-refractivity contribution is -0.120. The monoisotopic (exact) mass is 308 g/mol. The molecule has 112 valence electrons. The molecule has 0 atom stereocenters. The topological polar surface area (TPSA) is 102 Å². The molecule has 2 aromatic rings. The van der Waals surface area contributed by atoms with Crippen molar-refractivity contribution in [2.45, 2.75) is 17.7 Å². The summed E-state index contributed by atoms with van der Waals surface area (Å²) < 4.78 is 27.3. The van der Waals surface area contributed by atoms with Gasteiger partial charge < -0.3 is 9.73 Å². The van der Waals surface area contributed by atoms with E-state index in [2.05, 4.69) is 5.32 Å². The maximum Gasteiger partial charge on any atom is 0.238 e. The van der Waals surface area contributed by atoms with E-state index < -0.39 is 10.0 Å². The molecule has 0 saturated heterocycles. The van der Waals surface area contributed by atoms with Crippen molar-refractivity contribution in [2.24, 2.45) is 5.14 Å². The van der Waals surface area contributed by atoms with E-state index in [4.69, 9.17) is 9.56 Å². The molecule has 21 heavy (non-hydrogen) atoms. The molecule has 1 aromatic carbocycles. The summed E-state index contributed by atoms with van der Waals surface area (Å²) in [5.41, 5.74) is 0.917. The second-order valence-electron chi connectivity index (χ2n) is 4.55. The molecule has 0 aliphatic carbocycles. The van der Waals surface area contributed by atoms with E-state index in [-0.39, 0.29) is 17.2 Å². The van der Waals surface area contributed by atoms with Gasteiger partial charge in [-0.25, -0.2) is 13.6 Å². The number of primary sulfonamides is 1. The highest BCUT2D eigenvalue weighted by Gasteiger charge is 2.07. The van der Waals surface area contributed by atoms with E-state index in [1.165, 1.54) is 18.4 Å². The minimum atomic E-state index is -3.66. The van der Waals surface area contributed by atoms with Gasteiger partial charge >= 0.3 is 0 Å². The number of carbonyl (C=O) groups is 1. The van der Waals surface area contributed by atoms with Crippen molar-refractivity contribution in [1.29, 1.82) is 0 Å². The van der Waals surface area contributed by atoms with Crippen LogP contribution in [0.25, 0.3) is 0 Å². The zero-order valence-electron chi connectivity index (χ0n) is 11.3. The van der Waals surface area contributed by atoms with Crippen LogP contribution in [0.1, 0.15) is 11.3 Å². The van der Waals surface area contributed by atoms with Crippen LogP contribution >= 0.6 is 0 Å². The summed E-state index contributed by atoms with van der Waals surface area (Å²) in [6, 6.07) is 9.74. The third-order valence-corrected chi connectivity index (χ3v) is 3.83. The van der Waals surface area contributed by atoms with Crippen molar-refractivity contribution in [3.8, 4) is 0 Å². The number of furan rings is 1. The Labute approximate surface area is 123 Å². The van der Waals surface area contributed by atoms with Crippen LogP contribution in [-0.4, -0.2) is 20.9 Å². The first kappa shape index (κ1) is 15.3. The van der Waals surface area contributed by atoms with E-state index in [0.29, 0.717) is 18.7 Å². The Bertz CT molecular complexity index is 691. The summed E-state index contributed by atoms with van der Waals surface area (Å²) in [6.07, 6.45) is 2.34. The van der Waals surface area contributed by atoms with Crippen molar-refractivity contribution >= 4 is 15.9 Å². The van der Waals surface area contributed by atoms with Crippen molar-refractivity contribution in [1.82, 2.24) is 5.32 Å². The molecule has 0 bridgehead atoms. The predicted octanol–water partition coefficient (Wildman–Crippen LogP) is 0.828. The summed E-state index contributed by atoms with van der Waals surface area (Å²) in [5.74, 6) is 0.496. The molecular weight excluding hydrogens is 292 g/mol.